The molecule has 0 spiro atoms. The van der Waals surface area contributed by atoms with Crippen molar-refractivity contribution in [3.05, 3.63) is 87.7 Å². The Morgan fingerprint density at radius 3 is 2.82 bits per heavy atom. The standard InChI is InChI=1S/C26H27N7O5/c1-16(24-31-22(23(34)26(36)32(24)2)25(35)30-19-13-29-38-15-19)21(20-8-5-4-7-17(20)11-27)18-12-28-33(14-18)9-6-10-37-3/h4-5,7-8,12-16,21,34H,6,9-10H2,1-3H3,(H,30,35)/t16-,21-/m0/s1. The van der Waals surface area contributed by atoms with Gasteiger partial charge in [0.15, 0.2) is 5.69 Å². The number of benzene rings is 1. The summed E-state index contributed by atoms with van der Waals surface area (Å²) in [5.74, 6) is -2.29. The van der Waals surface area contributed by atoms with Crippen LogP contribution in [0.4, 0.5) is 5.69 Å². The van der Waals surface area contributed by atoms with Crippen LogP contribution >= 0.6 is 0 Å². The zero-order valence-corrected chi connectivity index (χ0v) is 21.2. The summed E-state index contributed by atoms with van der Waals surface area (Å²) in [4.78, 5) is 30.3. The van der Waals surface area contributed by atoms with Gasteiger partial charge in [-0.25, -0.2) is 4.98 Å². The monoisotopic (exact) mass is 517 g/mol. The summed E-state index contributed by atoms with van der Waals surface area (Å²) in [5, 5.41) is 30.8. The fourth-order valence-corrected chi connectivity index (χ4v) is 4.42. The van der Waals surface area contributed by atoms with Crippen molar-refractivity contribution in [3.63, 3.8) is 0 Å². The molecular weight excluding hydrogens is 490 g/mol. The Balaban J connectivity index is 1.80. The maximum atomic E-state index is 13.0. The number of nitrogens with one attached hydrogen (secondary N) is 1. The summed E-state index contributed by atoms with van der Waals surface area (Å²) in [6.07, 6.45) is 6.87. The van der Waals surface area contributed by atoms with Gasteiger partial charge in [0.05, 0.1) is 24.0 Å². The van der Waals surface area contributed by atoms with Gasteiger partial charge in [-0.15, -0.1) is 0 Å². The van der Waals surface area contributed by atoms with Crippen molar-refractivity contribution in [2.75, 3.05) is 19.0 Å². The number of aromatic hydroxyl groups is 1. The van der Waals surface area contributed by atoms with Gasteiger partial charge in [-0.1, -0.05) is 30.3 Å². The number of anilines is 1. The third kappa shape index (κ3) is 5.33. The molecular formula is C26H27N7O5. The number of rotatable bonds is 10. The highest BCUT2D eigenvalue weighted by Crippen LogP contribution is 2.39. The highest BCUT2D eigenvalue weighted by molar-refractivity contribution is 6.04. The van der Waals surface area contributed by atoms with Crippen LogP contribution < -0.4 is 10.9 Å². The van der Waals surface area contributed by atoms with Crippen molar-refractivity contribution in [1.29, 1.82) is 5.26 Å². The number of carbonyl (C=O) groups is 1. The molecule has 38 heavy (non-hydrogen) atoms. The normalized spacial score (nSPS) is 12.6. The second kappa shape index (κ2) is 11.5. The molecule has 0 saturated heterocycles. The zero-order valence-electron chi connectivity index (χ0n) is 21.2. The lowest BCUT2D eigenvalue weighted by molar-refractivity contribution is 0.101. The summed E-state index contributed by atoms with van der Waals surface area (Å²) in [6.45, 7) is 3.07. The van der Waals surface area contributed by atoms with Crippen molar-refractivity contribution >= 4 is 11.6 Å². The first-order chi connectivity index (χ1) is 18.3. The Morgan fingerprint density at radius 2 is 2.11 bits per heavy atom. The predicted molar refractivity (Wildman–Crippen MR) is 136 cm³/mol. The highest BCUT2D eigenvalue weighted by atomic mass is 16.5. The summed E-state index contributed by atoms with van der Waals surface area (Å²) in [5.41, 5.74) is 1.02. The molecule has 0 saturated carbocycles. The molecule has 0 aliphatic rings. The average Bonchev–Trinajstić information content (AvgIpc) is 3.60. The maximum Gasteiger partial charge on any atom is 0.296 e. The van der Waals surface area contributed by atoms with E-state index < -0.39 is 34.7 Å². The number of nitriles is 1. The first-order valence-corrected chi connectivity index (χ1v) is 11.9. The fourth-order valence-electron chi connectivity index (χ4n) is 4.42. The van der Waals surface area contributed by atoms with Gasteiger partial charge < -0.3 is 19.7 Å². The second-order valence-electron chi connectivity index (χ2n) is 8.75. The fraction of sp³-hybridized carbons (Fsp3) is 0.308. The molecule has 1 amide bonds. The Kier molecular flexibility index (Phi) is 7.98. The quantitative estimate of drug-likeness (QED) is 0.301. The lowest BCUT2D eigenvalue weighted by Gasteiger charge is -2.26. The van der Waals surface area contributed by atoms with Gasteiger partial charge in [0, 0.05) is 45.3 Å². The van der Waals surface area contributed by atoms with Crippen LogP contribution in [-0.4, -0.2) is 49.2 Å². The third-order valence-corrected chi connectivity index (χ3v) is 6.28. The lowest BCUT2D eigenvalue weighted by Crippen LogP contribution is -2.29. The lowest BCUT2D eigenvalue weighted by atomic mass is 9.80. The van der Waals surface area contributed by atoms with E-state index in [0.29, 0.717) is 18.7 Å². The summed E-state index contributed by atoms with van der Waals surface area (Å²) in [6, 6.07) is 9.42. The van der Waals surface area contributed by atoms with E-state index in [-0.39, 0.29) is 11.5 Å². The molecule has 0 bridgehead atoms. The summed E-state index contributed by atoms with van der Waals surface area (Å²) in [7, 11) is 3.12. The maximum absolute atomic E-state index is 13.0. The van der Waals surface area contributed by atoms with Gasteiger partial charge in [0.1, 0.15) is 17.8 Å². The van der Waals surface area contributed by atoms with Crippen molar-refractivity contribution in [2.24, 2.45) is 7.05 Å². The first kappa shape index (κ1) is 26.3. The van der Waals surface area contributed by atoms with E-state index in [1.165, 1.54) is 24.1 Å². The smallest absolute Gasteiger partial charge is 0.296 e. The number of carbonyl (C=O) groups excluding carboxylic acids is 1. The van der Waals surface area contributed by atoms with Crippen LogP contribution in [0.3, 0.4) is 0 Å². The van der Waals surface area contributed by atoms with Crippen LogP contribution in [0, 0.1) is 11.3 Å². The molecule has 2 atom stereocenters. The minimum Gasteiger partial charge on any atom is -0.501 e. The number of ether oxygens (including phenoxy) is 1. The van der Waals surface area contributed by atoms with Crippen LogP contribution in [-0.2, 0) is 18.3 Å². The molecule has 0 aliphatic heterocycles. The van der Waals surface area contributed by atoms with Crippen LogP contribution in [0.2, 0.25) is 0 Å². The minimum atomic E-state index is -0.795. The summed E-state index contributed by atoms with van der Waals surface area (Å²) < 4.78 is 12.9. The average molecular weight is 518 g/mol. The first-order valence-electron chi connectivity index (χ1n) is 11.9. The number of hydrogen-bond acceptors (Lipinski definition) is 9. The van der Waals surface area contributed by atoms with E-state index >= 15 is 0 Å². The highest BCUT2D eigenvalue weighted by Gasteiger charge is 2.31. The van der Waals surface area contributed by atoms with Gasteiger partial charge >= 0.3 is 0 Å². The number of hydrogen-bond donors (Lipinski definition) is 2. The molecule has 0 unspecified atom stereocenters. The molecule has 3 heterocycles. The zero-order chi connectivity index (χ0) is 27.2. The molecule has 196 valence electrons. The van der Waals surface area contributed by atoms with Crippen LogP contribution in [0.5, 0.6) is 5.75 Å². The topological polar surface area (TPSA) is 161 Å². The Bertz CT molecular complexity index is 1520. The molecule has 4 rings (SSSR count). The number of aryl methyl sites for hydroxylation is 1. The summed E-state index contributed by atoms with van der Waals surface area (Å²) >= 11 is 0. The molecule has 0 fully saturated rings. The predicted octanol–water partition coefficient (Wildman–Crippen LogP) is 2.77. The van der Waals surface area contributed by atoms with Crippen molar-refractivity contribution < 1.29 is 19.2 Å². The van der Waals surface area contributed by atoms with Crippen LogP contribution in [0.1, 0.15) is 58.2 Å². The van der Waals surface area contributed by atoms with Crippen LogP contribution in [0.25, 0.3) is 0 Å². The van der Waals surface area contributed by atoms with E-state index in [9.17, 15) is 20.0 Å². The van der Waals surface area contributed by atoms with Gasteiger partial charge in [0.2, 0.25) is 5.75 Å². The van der Waals surface area contributed by atoms with Crippen molar-refractivity contribution in [3.8, 4) is 11.8 Å². The van der Waals surface area contributed by atoms with E-state index in [1.807, 2.05) is 25.3 Å². The van der Waals surface area contributed by atoms with Crippen molar-refractivity contribution in [2.45, 2.75) is 31.7 Å². The van der Waals surface area contributed by atoms with Gasteiger partial charge in [0.25, 0.3) is 11.5 Å². The minimum absolute atomic E-state index is 0.244. The molecule has 3 aromatic heterocycles. The van der Waals surface area contributed by atoms with Crippen LogP contribution in [0.15, 0.2) is 58.4 Å². The molecule has 2 N–H and O–H groups in total. The van der Waals surface area contributed by atoms with Gasteiger partial charge in [-0.3, -0.25) is 18.8 Å². The van der Waals surface area contributed by atoms with E-state index in [0.717, 1.165) is 17.5 Å². The molecule has 1 aromatic carbocycles. The van der Waals surface area contributed by atoms with Crippen molar-refractivity contribution in [1.82, 2.24) is 24.5 Å². The third-order valence-electron chi connectivity index (χ3n) is 6.28. The molecule has 0 radical (unpaired) electrons. The number of aromatic nitrogens is 5. The number of amides is 1. The SMILES string of the molecule is COCCCn1cc([C@@H](c2ccccc2C#N)[C@H](C)c2nc(C(=O)Nc3cnoc3)c(O)c(=O)n2C)cn1. The van der Waals surface area contributed by atoms with E-state index in [2.05, 4.69) is 26.6 Å². The Morgan fingerprint density at radius 1 is 1.32 bits per heavy atom. The van der Waals surface area contributed by atoms with E-state index in [4.69, 9.17) is 9.26 Å². The molecule has 12 nitrogen and oxygen atoms in total. The van der Waals surface area contributed by atoms with E-state index in [1.54, 1.807) is 30.1 Å². The largest absolute Gasteiger partial charge is 0.501 e. The number of methoxy groups -OCH3 is 1. The molecule has 12 heteroatoms. The Hall–Kier alpha value is -4.76. The second-order valence-corrected chi connectivity index (χ2v) is 8.75. The Labute approximate surface area is 218 Å². The van der Waals surface area contributed by atoms with Gasteiger partial charge in [-0.05, 0) is 23.6 Å². The van der Waals surface area contributed by atoms with Gasteiger partial charge in [-0.2, -0.15) is 10.4 Å². The molecule has 0 aliphatic carbocycles. The number of nitrogens with zero attached hydrogens (tertiary/aromatic N) is 6. The molecule has 4 aromatic rings.